The van der Waals surface area contributed by atoms with Gasteiger partial charge in [-0.25, -0.2) is 0 Å². The van der Waals surface area contributed by atoms with Gasteiger partial charge in [-0.1, -0.05) is 20.8 Å². The fourth-order valence-electron chi connectivity index (χ4n) is 2.03. The zero-order chi connectivity index (χ0) is 10.2. The molecule has 1 rings (SSSR count). The Hall–Kier alpha value is -0.770. The normalized spacial score (nSPS) is 29.4. The fourth-order valence-corrected chi connectivity index (χ4v) is 2.03. The van der Waals surface area contributed by atoms with E-state index in [1.807, 2.05) is 20.8 Å². The molecule has 1 heterocycles. The maximum atomic E-state index is 10.7. The lowest BCUT2D eigenvalue weighted by molar-refractivity contribution is -0.268. The van der Waals surface area contributed by atoms with Gasteiger partial charge in [-0.15, -0.1) is 0 Å². The van der Waals surface area contributed by atoms with E-state index < -0.39 is 12.2 Å². The van der Waals surface area contributed by atoms with Gasteiger partial charge in [0.15, 0.2) is 0 Å². The van der Waals surface area contributed by atoms with Crippen LogP contribution in [0.1, 0.15) is 27.2 Å². The number of carbonyl (C=O) groups is 1. The molecule has 0 aromatic heterocycles. The molecule has 76 valence electrons. The van der Waals surface area contributed by atoms with Crippen molar-refractivity contribution in [1.82, 2.24) is 4.90 Å². The third-order valence-electron chi connectivity index (χ3n) is 2.49. The molecule has 1 fully saturated rings. The van der Waals surface area contributed by atoms with Crippen LogP contribution in [0.15, 0.2) is 0 Å². The first kappa shape index (κ1) is 10.3. The highest BCUT2D eigenvalue weighted by atomic mass is 16.4. The summed E-state index contributed by atoms with van der Waals surface area (Å²) < 4.78 is 0. The molecule has 0 aliphatic carbocycles. The predicted molar refractivity (Wildman–Crippen MR) is 46.0 cm³/mol. The standard InChI is InChI=1S/C9H17NO3/c1-9(2,3)7-6(11)4-5-10(7)8(12)13/h6-7,11H,4-5H2,1-3H3,(H,12,13)/p-1. The molecule has 1 aliphatic heterocycles. The van der Waals surface area contributed by atoms with E-state index in [1.165, 1.54) is 4.90 Å². The quantitative estimate of drug-likeness (QED) is 0.570. The van der Waals surface area contributed by atoms with E-state index in [0.29, 0.717) is 13.0 Å². The molecule has 1 N–H and O–H groups in total. The summed E-state index contributed by atoms with van der Waals surface area (Å²) in [4.78, 5) is 11.9. The number of hydrogen-bond donors (Lipinski definition) is 1. The largest absolute Gasteiger partial charge is 0.530 e. The number of aliphatic hydroxyl groups is 1. The van der Waals surface area contributed by atoms with Gasteiger partial charge in [0.25, 0.3) is 0 Å². The van der Waals surface area contributed by atoms with Crippen LogP contribution in [0.4, 0.5) is 4.79 Å². The highest BCUT2D eigenvalue weighted by molar-refractivity contribution is 5.63. The van der Waals surface area contributed by atoms with Crippen LogP contribution >= 0.6 is 0 Å². The summed E-state index contributed by atoms with van der Waals surface area (Å²) in [5, 5.41) is 20.3. The maximum Gasteiger partial charge on any atom is 0.137 e. The van der Waals surface area contributed by atoms with Crippen molar-refractivity contribution in [3.8, 4) is 0 Å². The third kappa shape index (κ3) is 1.94. The molecule has 13 heavy (non-hydrogen) atoms. The number of nitrogens with zero attached hydrogens (tertiary/aromatic N) is 1. The highest BCUT2D eigenvalue weighted by Crippen LogP contribution is 2.32. The topological polar surface area (TPSA) is 63.6 Å². The molecule has 0 aromatic carbocycles. The minimum absolute atomic E-state index is 0.240. The van der Waals surface area contributed by atoms with Crippen LogP contribution in [0.5, 0.6) is 0 Å². The first-order chi connectivity index (χ1) is 5.84. The number of amides is 1. The van der Waals surface area contributed by atoms with Gasteiger partial charge in [0.1, 0.15) is 6.09 Å². The number of hydrogen-bond acceptors (Lipinski definition) is 3. The van der Waals surface area contributed by atoms with E-state index in [2.05, 4.69) is 0 Å². The van der Waals surface area contributed by atoms with Gasteiger partial charge in [-0.3, -0.25) is 0 Å². The van der Waals surface area contributed by atoms with Gasteiger partial charge < -0.3 is 19.9 Å². The van der Waals surface area contributed by atoms with Gasteiger partial charge in [0.05, 0.1) is 12.1 Å². The molecule has 0 radical (unpaired) electrons. The molecule has 1 aliphatic rings. The van der Waals surface area contributed by atoms with Gasteiger partial charge in [0, 0.05) is 6.54 Å². The highest BCUT2D eigenvalue weighted by Gasteiger charge is 2.40. The number of likely N-dealkylation sites (tertiary alicyclic amines) is 1. The van der Waals surface area contributed by atoms with Crippen molar-refractivity contribution in [2.24, 2.45) is 5.41 Å². The van der Waals surface area contributed by atoms with Crippen LogP contribution < -0.4 is 5.11 Å². The molecule has 1 saturated heterocycles. The Morgan fingerprint density at radius 1 is 1.54 bits per heavy atom. The smallest absolute Gasteiger partial charge is 0.137 e. The monoisotopic (exact) mass is 186 g/mol. The number of aliphatic hydroxyl groups excluding tert-OH is 1. The van der Waals surface area contributed by atoms with Crippen molar-refractivity contribution >= 4 is 6.09 Å². The first-order valence-corrected chi connectivity index (χ1v) is 4.49. The van der Waals surface area contributed by atoms with Gasteiger partial charge in [0.2, 0.25) is 0 Å². The SMILES string of the molecule is CC(C)(C)C1C(O)CCN1C(=O)[O-]. The Bertz CT molecular complexity index is 209. The van der Waals surface area contributed by atoms with Crippen molar-refractivity contribution in [1.29, 1.82) is 0 Å². The Labute approximate surface area is 78.2 Å². The van der Waals surface area contributed by atoms with Crippen molar-refractivity contribution in [3.05, 3.63) is 0 Å². The first-order valence-electron chi connectivity index (χ1n) is 4.49. The molecule has 4 nitrogen and oxygen atoms in total. The average Bonchev–Trinajstić information content (AvgIpc) is 2.28. The van der Waals surface area contributed by atoms with E-state index in [-0.39, 0.29) is 11.5 Å². The van der Waals surface area contributed by atoms with Crippen molar-refractivity contribution < 1.29 is 15.0 Å². The summed E-state index contributed by atoms with van der Waals surface area (Å²) in [5.41, 5.74) is -0.240. The minimum atomic E-state index is -1.18. The number of carbonyl (C=O) groups excluding carboxylic acids is 1. The van der Waals surface area contributed by atoms with Crippen LogP contribution in [-0.4, -0.2) is 34.8 Å². The van der Waals surface area contributed by atoms with Crippen LogP contribution in [0.2, 0.25) is 0 Å². The number of rotatable bonds is 0. The van der Waals surface area contributed by atoms with Crippen molar-refractivity contribution in [3.63, 3.8) is 0 Å². The molecule has 0 saturated carbocycles. The molecule has 0 spiro atoms. The maximum absolute atomic E-state index is 10.7. The van der Waals surface area contributed by atoms with Crippen molar-refractivity contribution in [2.45, 2.75) is 39.3 Å². The van der Waals surface area contributed by atoms with Crippen LogP contribution in [-0.2, 0) is 0 Å². The average molecular weight is 186 g/mol. The van der Waals surface area contributed by atoms with Gasteiger partial charge in [-0.2, -0.15) is 0 Å². The molecule has 4 heteroatoms. The second-order valence-electron chi connectivity index (χ2n) is 4.63. The summed E-state index contributed by atoms with van der Waals surface area (Å²) >= 11 is 0. The van der Waals surface area contributed by atoms with E-state index in [1.54, 1.807) is 0 Å². The predicted octanol–water partition coefficient (Wildman–Crippen LogP) is -0.189. The summed E-state index contributed by atoms with van der Waals surface area (Å²) in [7, 11) is 0. The van der Waals surface area contributed by atoms with Gasteiger partial charge in [-0.05, 0) is 11.8 Å². The molecule has 1 amide bonds. The fraction of sp³-hybridized carbons (Fsp3) is 0.889. The Morgan fingerprint density at radius 3 is 2.38 bits per heavy atom. The van der Waals surface area contributed by atoms with E-state index in [9.17, 15) is 15.0 Å². The Morgan fingerprint density at radius 2 is 2.08 bits per heavy atom. The zero-order valence-corrected chi connectivity index (χ0v) is 8.28. The summed E-state index contributed by atoms with van der Waals surface area (Å²) in [6.07, 6.45) is -1.23. The Balaban J connectivity index is 2.83. The summed E-state index contributed by atoms with van der Waals surface area (Å²) in [5.74, 6) is 0. The molecular formula is C9H16NO3-. The van der Waals surface area contributed by atoms with E-state index in [0.717, 1.165) is 0 Å². The van der Waals surface area contributed by atoms with E-state index in [4.69, 9.17) is 0 Å². The lowest BCUT2D eigenvalue weighted by Gasteiger charge is -2.38. The summed E-state index contributed by atoms with van der Waals surface area (Å²) in [6, 6.07) is -0.336. The summed E-state index contributed by atoms with van der Waals surface area (Å²) in [6.45, 7) is 6.14. The van der Waals surface area contributed by atoms with Gasteiger partial charge >= 0.3 is 0 Å². The molecular weight excluding hydrogens is 170 g/mol. The molecule has 2 atom stereocenters. The molecule has 0 bridgehead atoms. The minimum Gasteiger partial charge on any atom is -0.530 e. The van der Waals surface area contributed by atoms with Crippen LogP contribution in [0.25, 0.3) is 0 Å². The van der Waals surface area contributed by atoms with E-state index >= 15 is 0 Å². The van der Waals surface area contributed by atoms with Crippen LogP contribution in [0, 0.1) is 5.41 Å². The molecule has 2 unspecified atom stereocenters. The van der Waals surface area contributed by atoms with Crippen molar-refractivity contribution in [2.75, 3.05) is 6.54 Å². The Kier molecular flexibility index (Phi) is 2.52. The number of carboxylic acid groups (broad SMARTS) is 1. The second-order valence-corrected chi connectivity index (χ2v) is 4.63. The second kappa shape index (κ2) is 3.18. The zero-order valence-electron chi connectivity index (χ0n) is 8.28. The lowest BCUT2D eigenvalue weighted by atomic mass is 9.84. The van der Waals surface area contributed by atoms with Crippen LogP contribution in [0.3, 0.4) is 0 Å². The lowest BCUT2D eigenvalue weighted by Crippen LogP contribution is -2.52. The molecule has 0 aromatic rings. The third-order valence-corrected chi connectivity index (χ3v) is 2.49.